The number of carbonyl (C=O) groups excluding carboxylic acids is 3. The van der Waals surface area contributed by atoms with Gasteiger partial charge in [-0.3, -0.25) is 13.6 Å². The van der Waals surface area contributed by atoms with E-state index < -0.39 is 44.0 Å². The van der Waals surface area contributed by atoms with Gasteiger partial charge < -0.3 is 14.2 Å². The van der Waals surface area contributed by atoms with Crippen LogP contribution in [0.5, 0.6) is 0 Å². The highest BCUT2D eigenvalue weighted by Gasteiger charge is 2.39. The summed E-state index contributed by atoms with van der Waals surface area (Å²) < 4.78 is 40.7. The number of hydrogen-bond donors (Lipinski definition) is 0. The number of phosphoric acid groups is 1. The lowest BCUT2D eigenvalue weighted by atomic mass is 10.4. The maximum atomic E-state index is 12.6. The van der Waals surface area contributed by atoms with Crippen LogP contribution >= 0.6 is 7.82 Å². The van der Waals surface area contributed by atoms with Crippen molar-refractivity contribution in [3.63, 3.8) is 0 Å². The van der Waals surface area contributed by atoms with E-state index in [9.17, 15) is 18.9 Å². The lowest BCUT2D eigenvalue weighted by Crippen LogP contribution is -2.29. The molecule has 0 heterocycles. The van der Waals surface area contributed by atoms with Crippen LogP contribution in [0, 0.1) is 0 Å². The summed E-state index contributed by atoms with van der Waals surface area (Å²) in [6.07, 6.45) is -4.00. The molecule has 0 N–H and O–H groups in total. The van der Waals surface area contributed by atoms with E-state index in [0.29, 0.717) is 0 Å². The molecule has 0 rings (SSSR count). The second-order valence-electron chi connectivity index (χ2n) is 4.26. The van der Waals surface area contributed by atoms with Crippen LogP contribution in [0.1, 0.15) is 20.8 Å². The third kappa shape index (κ3) is 7.08. The number of carbonyl (C=O) groups is 3. The molecule has 0 amide bonds. The average Bonchev–Trinajstić information content (AvgIpc) is 2.51. The molecule has 10 nitrogen and oxygen atoms in total. The minimum absolute atomic E-state index is 0.853. The Morgan fingerprint density at radius 2 is 0.870 bits per heavy atom. The Morgan fingerprint density at radius 1 is 0.652 bits per heavy atom. The Morgan fingerprint density at radius 3 is 1.04 bits per heavy atom. The maximum Gasteiger partial charge on any atom is 0.477 e. The van der Waals surface area contributed by atoms with Gasteiger partial charge in [-0.25, -0.2) is 18.9 Å². The van der Waals surface area contributed by atoms with Gasteiger partial charge in [0, 0.05) is 0 Å². The smallest absolute Gasteiger partial charge is 0.467 e. The lowest BCUT2D eigenvalue weighted by Gasteiger charge is -2.24. The van der Waals surface area contributed by atoms with Gasteiger partial charge in [-0.15, -0.1) is 0 Å². The molecule has 0 saturated carbocycles. The SMILES string of the molecule is COC(=O)[C@H](C)OP(=O)(O[C@H](C)C(=O)OC)O[C@H](C)C(=O)OC. The molecule has 23 heavy (non-hydrogen) atoms. The van der Waals surface area contributed by atoms with Crippen LogP contribution in [0.3, 0.4) is 0 Å². The van der Waals surface area contributed by atoms with Crippen LogP contribution in [0.2, 0.25) is 0 Å². The second-order valence-corrected chi connectivity index (χ2v) is 5.79. The predicted molar refractivity (Wildman–Crippen MR) is 75.3 cm³/mol. The normalized spacial score (nSPS) is 15.2. The van der Waals surface area contributed by atoms with Gasteiger partial charge >= 0.3 is 25.7 Å². The third-order valence-electron chi connectivity index (χ3n) is 2.46. The van der Waals surface area contributed by atoms with Gasteiger partial charge in [-0.1, -0.05) is 0 Å². The summed E-state index contributed by atoms with van der Waals surface area (Å²) in [5.74, 6) is -2.56. The number of rotatable bonds is 9. The molecule has 0 aromatic rings. The number of phosphoric ester groups is 1. The first-order chi connectivity index (χ1) is 10.6. The zero-order valence-electron chi connectivity index (χ0n) is 13.8. The Kier molecular flexibility index (Phi) is 8.99. The standard InChI is InChI=1S/C12H21O10P/c1-7(10(13)17-4)20-23(16,21-8(2)11(14)18-5)22-9(3)12(15)19-6/h7-9H,1-6H3/t7-,8-,9+/m1/s1. The summed E-state index contributed by atoms with van der Waals surface area (Å²) >= 11 is 0. The highest BCUT2D eigenvalue weighted by atomic mass is 31.2. The minimum Gasteiger partial charge on any atom is -0.467 e. The molecule has 0 bridgehead atoms. The quantitative estimate of drug-likeness (QED) is 0.333. The van der Waals surface area contributed by atoms with Crippen LogP contribution in [-0.2, 0) is 46.7 Å². The number of esters is 3. The zero-order chi connectivity index (χ0) is 18.2. The highest BCUT2D eigenvalue weighted by molar-refractivity contribution is 7.48. The number of ether oxygens (including phenoxy) is 3. The van der Waals surface area contributed by atoms with Gasteiger partial charge in [-0.2, -0.15) is 0 Å². The predicted octanol–water partition coefficient (Wildman–Crippen LogP) is 0.829. The Bertz CT molecular complexity index is 410. The fourth-order valence-electron chi connectivity index (χ4n) is 1.28. The van der Waals surface area contributed by atoms with Gasteiger partial charge in [0.25, 0.3) is 0 Å². The molecule has 0 aromatic carbocycles. The van der Waals surface area contributed by atoms with Crippen molar-refractivity contribution in [2.45, 2.75) is 39.1 Å². The van der Waals surface area contributed by atoms with Gasteiger partial charge in [0.15, 0.2) is 18.3 Å². The molecule has 0 unspecified atom stereocenters. The van der Waals surface area contributed by atoms with Crippen molar-refractivity contribution in [3.8, 4) is 0 Å². The molecule has 134 valence electrons. The molecule has 3 atom stereocenters. The summed E-state index contributed by atoms with van der Waals surface area (Å²) in [5.41, 5.74) is 0. The van der Waals surface area contributed by atoms with E-state index in [0.717, 1.165) is 21.3 Å². The van der Waals surface area contributed by atoms with Crippen LogP contribution in [0.15, 0.2) is 0 Å². The zero-order valence-corrected chi connectivity index (χ0v) is 14.7. The molecule has 0 aliphatic carbocycles. The van der Waals surface area contributed by atoms with Crippen molar-refractivity contribution in [2.75, 3.05) is 21.3 Å². The molecular formula is C12H21O10P. The summed E-state index contributed by atoms with van der Waals surface area (Å²) in [5, 5.41) is 0. The second kappa shape index (κ2) is 9.61. The first kappa shape index (κ1) is 21.5. The summed E-state index contributed by atoms with van der Waals surface area (Å²) in [6, 6.07) is 0. The topological polar surface area (TPSA) is 124 Å². The van der Waals surface area contributed by atoms with Crippen LogP contribution in [0.4, 0.5) is 0 Å². The first-order valence-corrected chi connectivity index (χ1v) is 7.95. The maximum absolute atomic E-state index is 12.6. The van der Waals surface area contributed by atoms with Crippen molar-refractivity contribution < 1.29 is 46.7 Å². The van der Waals surface area contributed by atoms with Gasteiger partial charge in [-0.05, 0) is 20.8 Å². The molecule has 0 spiro atoms. The summed E-state index contributed by atoms with van der Waals surface area (Å²) in [4.78, 5) is 34.1. The Balaban J connectivity index is 5.25. The van der Waals surface area contributed by atoms with Gasteiger partial charge in [0.2, 0.25) is 0 Å². The molecular weight excluding hydrogens is 335 g/mol. The van der Waals surface area contributed by atoms with E-state index >= 15 is 0 Å². The Hall–Kier alpha value is -1.48. The molecule has 0 aliphatic heterocycles. The highest BCUT2D eigenvalue weighted by Crippen LogP contribution is 2.53. The number of hydrogen-bond acceptors (Lipinski definition) is 10. The van der Waals surface area contributed by atoms with Crippen LogP contribution < -0.4 is 0 Å². The van der Waals surface area contributed by atoms with E-state index in [1.807, 2.05) is 0 Å². The van der Waals surface area contributed by atoms with E-state index in [2.05, 4.69) is 14.2 Å². The largest absolute Gasteiger partial charge is 0.477 e. The van der Waals surface area contributed by atoms with Crippen molar-refractivity contribution >= 4 is 25.7 Å². The third-order valence-corrected chi connectivity index (χ3v) is 4.18. The van der Waals surface area contributed by atoms with Crippen molar-refractivity contribution in [1.82, 2.24) is 0 Å². The molecule has 0 radical (unpaired) electrons. The molecule has 0 aromatic heterocycles. The van der Waals surface area contributed by atoms with Gasteiger partial charge in [0.1, 0.15) is 0 Å². The summed E-state index contributed by atoms with van der Waals surface area (Å²) in [7, 11) is -1.19. The fourth-order valence-corrected chi connectivity index (χ4v) is 2.85. The minimum atomic E-state index is -4.49. The van der Waals surface area contributed by atoms with E-state index in [4.69, 9.17) is 13.6 Å². The summed E-state index contributed by atoms with van der Waals surface area (Å²) in [6.45, 7) is 3.70. The Labute approximate surface area is 133 Å². The average molecular weight is 356 g/mol. The van der Waals surface area contributed by atoms with Crippen molar-refractivity contribution in [2.24, 2.45) is 0 Å². The van der Waals surface area contributed by atoms with E-state index in [1.54, 1.807) is 0 Å². The van der Waals surface area contributed by atoms with Crippen LogP contribution in [-0.4, -0.2) is 57.5 Å². The monoisotopic (exact) mass is 356 g/mol. The van der Waals surface area contributed by atoms with E-state index in [-0.39, 0.29) is 0 Å². The molecule has 0 saturated heterocycles. The first-order valence-electron chi connectivity index (χ1n) is 6.48. The van der Waals surface area contributed by atoms with Crippen molar-refractivity contribution in [1.29, 1.82) is 0 Å². The van der Waals surface area contributed by atoms with Gasteiger partial charge in [0.05, 0.1) is 21.3 Å². The molecule has 0 aliphatic rings. The van der Waals surface area contributed by atoms with Crippen molar-refractivity contribution in [3.05, 3.63) is 0 Å². The lowest BCUT2D eigenvalue weighted by molar-refractivity contribution is -0.154. The van der Waals surface area contributed by atoms with E-state index in [1.165, 1.54) is 20.8 Å². The number of methoxy groups -OCH3 is 3. The fraction of sp³-hybridized carbons (Fsp3) is 0.750. The molecule has 11 heteroatoms. The van der Waals surface area contributed by atoms with Crippen LogP contribution in [0.25, 0.3) is 0 Å². The molecule has 0 fully saturated rings.